The fourth-order valence-corrected chi connectivity index (χ4v) is 0. The van der Waals surface area contributed by atoms with Gasteiger partial charge in [-0.05, 0) is 0 Å². The molecule has 0 saturated carbocycles. The Hall–Kier alpha value is 1.14. The third-order valence-corrected chi connectivity index (χ3v) is 0. The van der Waals surface area contributed by atoms with Gasteiger partial charge in [0.15, 0.2) is 0 Å². The van der Waals surface area contributed by atoms with Gasteiger partial charge in [0.2, 0.25) is 0 Å². The molecule has 3 radical (unpaired) electrons. The summed E-state index contributed by atoms with van der Waals surface area (Å²) in [6, 6.07) is 0. The van der Waals surface area contributed by atoms with Gasteiger partial charge >= 0.3 is 16.8 Å². The Morgan fingerprint density at radius 2 is 1.00 bits per heavy atom. The van der Waals surface area contributed by atoms with Crippen molar-refractivity contribution >= 4 is 6.79 Å². The summed E-state index contributed by atoms with van der Waals surface area (Å²) in [7, 11) is 0. The molecule has 0 N–H and O–H groups in total. The topological polar surface area (TPSA) is 17.1 Å². The van der Waals surface area contributed by atoms with Crippen molar-refractivity contribution in [1.82, 2.24) is 0 Å². The van der Waals surface area contributed by atoms with E-state index in [1.165, 1.54) is 0 Å². The molecule has 0 aromatic carbocycles. The van der Waals surface area contributed by atoms with Crippen molar-refractivity contribution in [3.8, 4) is 0 Å². The monoisotopic (exact) mass is 245 g/mol. The average Bonchev–Trinajstić information content (AvgIpc) is 1.00. The van der Waals surface area contributed by atoms with E-state index >= 15 is 0 Å². The predicted octanol–water partition coefficient (Wildman–Crippen LogP) is -6.39. The van der Waals surface area contributed by atoms with E-state index in [-0.39, 0.29) is 50.7 Å². The summed E-state index contributed by atoms with van der Waals surface area (Å²) in [6.07, 6.45) is 0. The fraction of sp³-hybridized carbons (Fsp3) is 0. The molecular weight excluding hydrogens is 247 g/mol. The van der Waals surface area contributed by atoms with E-state index in [2.05, 4.69) is 6.79 Å². The van der Waals surface area contributed by atoms with E-state index in [0.29, 0.717) is 0 Å². The second-order valence-corrected chi connectivity index (χ2v) is 0. The summed E-state index contributed by atoms with van der Waals surface area (Å²) in [5.41, 5.74) is 0. The van der Waals surface area contributed by atoms with Gasteiger partial charge < -0.3 is 34.0 Å². The van der Waals surface area contributed by atoms with E-state index in [0.717, 1.165) is 0 Å². The van der Waals surface area contributed by atoms with Crippen LogP contribution in [0.1, 0.15) is 0 Å². The van der Waals surface area contributed by atoms with Gasteiger partial charge in [-0.15, -0.1) is 0 Å². The molecule has 0 aliphatic heterocycles. The molecule has 0 saturated heterocycles. The first-order valence-corrected chi connectivity index (χ1v) is 0.204. The van der Waals surface area contributed by atoms with Crippen molar-refractivity contribution in [2.45, 2.75) is 0 Å². The van der Waals surface area contributed by atoms with Crippen LogP contribution in [0, 0.1) is 0 Å². The second kappa shape index (κ2) is 68.0. The van der Waals surface area contributed by atoms with Crippen LogP contribution < -0.4 is 34.0 Å². The molecule has 0 spiro atoms. The smallest absolute Gasteiger partial charge is 1.00 e. The van der Waals surface area contributed by atoms with E-state index in [9.17, 15) is 0 Å². The van der Waals surface area contributed by atoms with Gasteiger partial charge in [0.25, 0.3) is 6.79 Å². The van der Waals surface area contributed by atoms with Gasteiger partial charge in [-0.3, -0.25) is 4.79 Å². The van der Waals surface area contributed by atoms with Crippen LogP contribution in [0.4, 0.5) is 0 Å². The minimum atomic E-state index is 0. The van der Waals surface area contributed by atoms with Crippen LogP contribution in [-0.4, -0.2) is 6.79 Å². The molecule has 0 aromatic rings. The van der Waals surface area contributed by atoms with Gasteiger partial charge in [-0.1, -0.05) is 0 Å². The van der Waals surface area contributed by atoms with Crippen molar-refractivity contribution in [2.24, 2.45) is 0 Å². The molecule has 4 heteroatoms. The van der Waals surface area contributed by atoms with Crippen LogP contribution >= 0.6 is 0 Å². The molecule has 5 heavy (non-hydrogen) atoms. The SMILES string of the molecule is [Br-].[Br-].[C]=O.[Co+2]. The zero-order valence-corrected chi connectivity index (χ0v) is 6.21. The van der Waals surface area contributed by atoms with E-state index < -0.39 is 0 Å². The fourth-order valence-electron chi connectivity index (χ4n) is 0. The Morgan fingerprint density at radius 3 is 1.00 bits per heavy atom. The molecular formula is CBr2CoO. The van der Waals surface area contributed by atoms with Crippen LogP contribution in [-0.2, 0) is 21.6 Å². The number of halogens is 2. The minimum Gasteiger partial charge on any atom is -1.00 e. The molecule has 0 unspecified atom stereocenters. The van der Waals surface area contributed by atoms with Crippen molar-refractivity contribution in [3.63, 3.8) is 0 Å². The van der Waals surface area contributed by atoms with Crippen LogP contribution in [0.15, 0.2) is 0 Å². The van der Waals surface area contributed by atoms with Crippen molar-refractivity contribution in [3.05, 3.63) is 0 Å². The zero-order valence-electron chi connectivity index (χ0n) is 2.00. The predicted molar refractivity (Wildman–Crippen MR) is 5.69 cm³/mol. The first-order chi connectivity index (χ1) is 1.00. The van der Waals surface area contributed by atoms with Gasteiger partial charge in [-0.2, -0.15) is 0 Å². The largest absolute Gasteiger partial charge is 2.00 e. The molecule has 1 nitrogen and oxygen atoms in total. The van der Waals surface area contributed by atoms with Crippen molar-refractivity contribution in [1.29, 1.82) is 0 Å². The Balaban J connectivity index is -0.00000000167. The summed E-state index contributed by atoms with van der Waals surface area (Å²) in [5.74, 6) is 0. The standard InChI is InChI=1S/CO.2BrH.Co/c1-2;;;/h;2*1H;/q;;;+2/p-2. The Morgan fingerprint density at radius 1 is 1.00 bits per heavy atom. The van der Waals surface area contributed by atoms with Gasteiger partial charge in [0, 0.05) is 0 Å². The molecule has 0 aliphatic carbocycles. The van der Waals surface area contributed by atoms with Crippen LogP contribution in [0.2, 0.25) is 0 Å². The number of carbonyl (C=O) groups excluding carboxylic acids is 1. The van der Waals surface area contributed by atoms with E-state index in [4.69, 9.17) is 4.79 Å². The third kappa shape index (κ3) is 39.1. The average molecular weight is 247 g/mol. The summed E-state index contributed by atoms with van der Waals surface area (Å²) >= 11 is 0. The summed E-state index contributed by atoms with van der Waals surface area (Å²) in [5, 5.41) is 0. The van der Waals surface area contributed by atoms with Gasteiger partial charge in [0.1, 0.15) is 0 Å². The molecule has 0 heterocycles. The maximum absolute atomic E-state index is 7.50. The molecule has 0 aliphatic rings. The Kier molecular flexibility index (Phi) is 483. The molecule has 0 aromatic heterocycles. The quantitative estimate of drug-likeness (QED) is 0.416. The Bertz CT molecular complexity index is 9.61. The van der Waals surface area contributed by atoms with Crippen LogP contribution in [0.25, 0.3) is 0 Å². The maximum Gasteiger partial charge on any atom is 2.00 e. The molecule has 0 bridgehead atoms. The number of hydrogen-bond donors (Lipinski definition) is 0. The van der Waals surface area contributed by atoms with Crippen molar-refractivity contribution < 1.29 is 55.5 Å². The molecule has 0 amide bonds. The zero-order chi connectivity index (χ0) is 2.00. The van der Waals surface area contributed by atoms with Crippen LogP contribution in [0.3, 0.4) is 0 Å². The minimum absolute atomic E-state index is 0. The van der Waals surface area contributed by atoms with Gasteiger partial charge in [-0.25, -0.2) is 0 Å². The first-order valence-electron chi connectivity index (χ1n) is 0.204. The van der Waals surface area contributed by atoms with E-state index in [1.54, 1.807) is 0 Å². The first kappa shape index (κ1) is 35.5. The summed E-state index contributed by atoms with van der Waals surface area (Å²) in [4.78, 5) is 7.50. The molecule has 33 valence electrons. The van der Waals surface area contributed by atoms with Crippen molar-refractivity contribution in [2.75, 3.05) is 0 Å². The number of rotatable bonds is 0. The molecule has 0 atom stereocenters. The van der Waals surface area contributed by atoms with E-state index in [1.807, 2.05) is 0 Å². The second-order valence-electron chi connectivity index (χ2n) is 0. The summed E-state index contributed by atoms with van der Waals surface area (Å²) < 4.78 is 0. The third-order valence-electron chi connectivity index (χ3n) is 0. The summed E-state index contributed by atoms with van der Waals surface area (Å²) in [6.45, 7) is 4.50. The van der Waals surface area contributed by atoms with Crippen LogP contribution in [0.5, 0.6) is 0 Å². The molecule has 0 rings (SSSR count). The maximum atomic E-state index is 7.50. The Labute approximate surface area is 62.2 Å². The normalized spacial score (nSPS) is 0.800. The number of hydrogen-bond acceptors (Lipinski definition) is 1. The van der Waals surface area contributed by atoms with Gasteiger partial charge in [0.05, 0.1) is 0 Å². The molecule has 0 fully saturated rings.